The van der Waals surface area contributed by atoms with Gasteiger partial charge < -0.3 is 15.2 Å². The van der Waals surface area contributed by atoms with Crippen LogP contribution in [0.25, 0.3) is 0 Å². The van der Waals surface area contributed by atoms with E-state index in [1.54, 1.807) is 7.11 Å². The highest BCUT2D eigenvalue weighted by Crippen LogP contribution is 2.66. The molecule has 2 N–H and O–H groups in total. The molecule has 0 aromatic heterocycles. The number of anilines is 1. The van der Waals surface area contributed by atoms with Gasteiger partial charge in [0.25, 0.3) is 0 Å². The summed E-state index contributed by atoms with van der Waals surface area (Å²) in [6.07, 6.45) is 11.0. The lowest BCUT2D eigenvalue weighted by Crippen LogP contribution is -2.50. The van der Waals surface area contributed by atoms with Crippen LogP contribution in [0.5, 0.6) is 5.75 Å². The fourth-order valence-electron chi connectivity index (χ4n) is 7.89. The molecule has 2 saturated carbocycles. The molecule has 33 heavy (non-hydrogen) atoms. The molecule has 1 amide bonds. The number of amides is 1. The number of ether oxygens (including phenoxy) is 1. The normalized spacial score (nSPS) is 37.1. The average Bonchev–Trinajstić information content (AvgIpc) is 3.16. The Morgan fingerprint density at radius 2 is 1.88 bits per heavy atom. The SMILES string of the molecule is COc1ccccc1NC(=O)[C@H]1CCC2C3CC=C4C=C(C(=O)O)CC[C@]4(C)C3CC[C@@]21C. The van der Waals surface area contributed by atoms with Crippen molar-refractivity contribution >= 4 is 17.6 Å². The van der Waals surface area contributed by atoms with Crippen LogP contribution < -0.4 is 10.1 Å². The number of aliphatic carboxylic acids is 1. The lowest BCUT2D eigenvalue weighted by Gasteiger charge is -2.56. The molecule has 5 nitrogen and oxygen atoms in total. The van der Waals surface area contributed by atoms with Gasteiger partial charge in [-0.3, -0.25) is 4.79 Å². The van der Waals surface area contributed by atoms with E-state index in [1.165, 1.54) is 5.57 Å². The molecule has 6 atom stereocenters. The minimum Gasteiger partial charge on any atom is -0.495 e. The molecule has 0 spiro atoms. The summed E-state index contributed by atoms with van der Waals surface area (Å²) in [5, 5.41) is 12.6. The number of carboxylic acids is 1. The molecule has 3 unspecified atom stereocenters. The van der Waals surface area contributed by atoms with E-state index in [-0.39, 0.29) is 22.7 Å². The fourth-order valence-corrected chi connectivity index (χ4v) is 7.89. The second-order valence-electron chi connectivity index (χ2n) is 11.0. The Morgan fingerprint density at radius 1 is 1.09 bits per heavy atom. The van der Waals surface area contributed by atoms with Crippen molar-refractivity contribution in [3.63, 3.8) is 0 Å². The maximum atomic E-state index is 13.5. The second kappa shape index (κ2) is 8.03. The van der Waals surface area contributed by atoms with E-state index in [4.69, 9.17) is 4.74 Å². The predicted molar refractivity (Wildman–Crippen MR) is 128 cm³/mol. The summed E-state index contributed by atoms with van der Waals surface area (Å²) in [6, 6.07) is 7.61. The van der Waals surface area contributed by atoms with E-state index in [1.807, 2.05) is 30.3 Å². The first-order chi connectivity index (χ1) is 15.8. The van der Waals surface area contributed by atoms with Crippen LogP contribution >= 0.6 is 0 Å². The molecule has 176 valence electrons. The zero-order chi connectivity index (χ0) is 23.4. The van der Waals surface area contributed by atoms with Gasteiger partial charge in [-0.05, 0) is 97.3 Å². The molecule has 0 radical (unpaired) electrons. The van der Waals surface area contributed by atoms with E-state index in [0.717, 1.165) is 44.2 Å². The van der Waals surface area contributed by atoms with Crippen molar-refractivity contribution in [2.45, 2.75) is 58.8 Å². The molecule has 2 fully saturated rings. The Balaban J connectivity index is 1.38. The van der Waals surface area contributed by atoms with Gasteiger partial charge in [0.15, 0.2) is 0 Å². The molecule has 0 bridgehead atoms. The number of methoxy groups -OCH3 is 1. The van der Waals surface area contributed by atoms with E-state index in [2.05, 4.69) is 25.2 Å². The standard InChI is InChI=1S/C28H35NO4/c1-27-14-12-17(26(31)32)16-18(27)8-9-19-20-10-11-22(28(20,2)15-13-21(19)27)25(30)29-23-6-4-5-7-24(23)33-3/h4-8,16,19-22H,9-15H2,1-3H3,(H,29,30)(H,31,32)/t19?,20?,21?,22-,27+,28+/m1/s1. The molecule has 4 aliphatic rings. The van der Waals surface area contributed by atoms with Crippen molar-refractivity contribution in [1.82, 2.24) is 0 Å². The first-order valence-corrected chi connectivity index (χ1v) is 12.4. The quantitative estimate of drug-likeness (QED) is 0.606. The fraction of sp³-hybridized carbons (Fsp3) is 0.571. The van der Waals surface area contributed by atoms with Crippen molar-refractivity contribution in [2.24, 2.45) is 34.5 Å². The topological polar surface area (TPSA) is 75.6 Å². The number of hydrogen-bond donors (Lipinski definition) is 2. The third-order valence-corrected chi connectivity index (χ3v) is 9.72. The summed E-state index contributed by atoms with van der Waals surface area (Å²) in [7, 11) is 1.63. The van der Waals surface area contributed by atoms with Gasteiger partial charge in [-0.25, -0.2) is 4.79 Å². The highest BCUT2D eigenvalue weighted by Gasteiger charge is 2.59. The van der Waals surface area contributed by atoms with E-state index >= 15 is 0 Å². The number of allylic oxidation sites excluding steroid dienone is 3. The molecule has 1 aromatic carbocycles. The number of para-hydroxylation sites is 2. The van der Waals surface area contributed by atoms with Gasteiger partial charge in [-0.15, -0.1) is 0 Å². The smallest absolute Gasteiger partial charge is 0.331 e. The van der Waals surface area contributed by atoms with Gasteiger partial charge in [0, 0.05) is 11.5 Å². The second-order valence-corrected chi connectivity index (χ2v) is 11.0. The first-order valence-electron chi connectivity index (χ1n) is 12.4. The van der Waals surface area contributed by atoms with Crippen molar-refractivity contribution < 1.29 is 19.4 Å². The molecule has 0 aliphatic heterocycles. The molecule has 4 aliphatic carbocycles. The van der Waals surface area contributed by atoms with Crippen LogP contribution in [0.1, 0.15) is 58.8 Å². The summed E-state index contributed by atoms with van der Waals surface area (Å²) >= 11 is 0. The maximum Gasteiger partial charge on any atom is 0.331 e. The van der Waals surface area contributed by atoms with Crippen molar-refractivity contribution in [2.75, 3.05) is 12.4 Å². The summed E-state index contributed by atoms with van der Waals surface area (Å²) in [6.45, 7) is 4.70. The summed E-state index contributed by atoms with van der Waals surface area (Å²) in [5.41, 5.74) is 2.59. The number of carbonyl (C=O) groups excluding carboxylic acids is 1. The summed E-state index contributed by atoms with van der Waals surface area (Å²) in [4.78, 5) is 25.0. The minimum atomic E-state index is -0.781. The van der Waals surface area contributed by atoms with Crippen molar-refractivity contribution in [3.8, 4) is 5.75 Å². The predicted octanol–water partition coefficient (Wildman–Crippen LogP) is 5.83. The Hall–Kier alpha value is -2.56. The third kappa shape index (κ3) is 3.43. The van der Waals surface area contributed by atoms with Crippen LogP contribution in [0.2, 0.25) is 0 Å². The number of hydrogen-bond acceptors (Lipinski definition) is 3. The minimum absolute atomic E-state index is 0.00565. The van der Waals surface area contributed by atoms with Crippen LogP contribution in [0.15, 0.2) is 47.6 Å². The summed E-state index contributed by atoms with van der Waals surface area (Å²) in [5.74, 6) is 1.71. The number of nitrogens with one attached hydrogen (secondary N) is 1. The van der Waals surface area contributed by atoms with Crippen LogP contribution in [0.3, 0.4) is 0 Å². The lowest BCUT2D eigenvalue weighted by atomic mass is 9.48. The van der Waals surface area contributed by atoms with Crippen LogP contribution in [0, 0.1) is 34.5 Å². The molecule has 5 heteroatoms. The molecule has 5 rings (SSSR count). The Bertz CT molecular complexity index is 1040. The van der Waals surface area contributed by atoms with Gasteiger partial charge in [0.2, 0.25) is 5.91 Å². The monoisotopic (exact) mass is 449 g/mol. The highest BCUT2D eigenvalue weighted by atomic mass is 16.5. The molecule has 1 aromatic rings. The van der Waals surface area contributed by atoms with Crippen LogP contribution in [0.4, 0.5) is 5.69 Å². The zero-order valence-electron chi connectivity index (χ0n) is 19.9. The van der Waals surface area contributed by atoms with E-state index in [0.29, 0.717) is 35.5 Å². The molecular formula is C28H35NO4. The van der Waals surface area contributed by atoms with Crippen LogP contribution in [-0.2, 0) is 9.59 Å². The number of carboxylic acid groups (broad SMARTS) is 1. The Kier molecular flexibility index (Phi) is 5.42. The Morgan fingerprint density at radius 3 is 2.64 bits per heavy atom. The number of benzene rings is 1. The molecular weight excluding hydrogens is 414 g/mol. The molecule has 0 saturated heterocycles. The van der Waals surface area contributed by atoms with E-state index < -0.39 is 5.97 Å². The number of fused-ring (bicyclic) bond motifs is 5. The van der Waals surface area contributed by atoms with Gasteiger partial charge in [-0.2, -0.15) is 0 Å². The molecule has 0 heterocycles. The first kappa shape index (κ1) is 22.2. The largest absolute Gasteiger partial charge is 0.495 e. The number of rotatable bonds is 4. The van der Waals surface area contributed by atoms with Gasteiger partial charge in [-0.1, -0.05) is 32.1 Å². The van der Waals surface area contributed by atoms with Gasteiger partial charge in [0.05, 0.1) is 12.8 Å². The van der Waals surface area contributed by atoms with Gasteiger partial charge >= 0.3 is 5.97 Å². The Labute approximate surface area is 196 Å². The highest BCUT2D eigenvalue weighted by molar-refractivity contribution is 5.94. The average molecular weight is 450 g/mol. The number of carbonyl (C=O) groups is 2. The van der Waals surface area contributed by atoms with Crippen LogP contribution in [-0.4, -0.2) is 24.1 Å². The van der Waals surface area contributed by atoms with Crippen molar-refractivity contribution in [1.29, 1.82) is 0 Å². The van der Waals surface area contributed by atoms with Crippen molar-refractivity contribution in [3.05, 3.63) is 47.6 Å². The third-order valence-electron chi connectivity index (χ3n) is 9.72. The maximum absolute atomic E-state index is 13.5. The summed E-state index contributed by atoms with van der Waals surface area (Å²) < 4.78 is 5.43. The van der Waals surface area contributed by atoms with E-state index in [9.17, 15) is 14.7 Å². The lowest BCUT2D eigenvalue weighted by molar-refractivity contribution is -0.133. The van der Waals surface area contributed by atoms with Gasteiger partial charge in [0.1, 0.15) is 5.75 Å². The zero-order valence-corrected chi connectivity index (χ0v) is 19.9.